The van der Waals surface area contributed by atoms with Gasteiger partial charge in [-0.05, 0) is 51.8 Å². The van der Waals surface area contributed by atoms with E-state index in [4.69, 9.17) is 9.47 Å². The quantitative estimate of drug-likeness (QED) is 0.722. The molecule has 0 fully saturated rings. The molecule has 0 aliphatic heterocycles. The third-order valence-corrected chi connectivity index (χ3v) is 2.15. The Morgan fingerprint density at radius 1 is 1.12 bits per heavy atom. The normalized spacial score (nSPS) is 13.6. The van der Waals surface area contributed by atoms with E-state index in [0.29, 0.717) is 0 Å². The minimum absolute atomic E-state index is 0.178. The molecule has 90 valence electrons. The standard InChI is InChI=1S/C14H22O2/c1-6-12-7-9-13(10-8-12)15-11(2)16-14(3,4)5/h7-11H,6H2,1-5H3. The number of hydrogen-bond acceptors (Lipinski definition) is 2. The van der Waals surface area contributed by atoms with E-state index >= 15 is 0 Å². The molecule has 0 aromatic heterocycles. The van der Waals surface area contributed by atoms with Gasteiger partial charge in [0.25, 0.3) is 0 Å². The first-order valence-corrected chi connectivity index (χ1v) is 5.84. The van der Waals surface area contributed by atoms with E-state index < -0.39 is 0 Å². The highest BCUT2D eigenvalue weighted by molar-refractivity contribution is 5.27. The first kappa shape index (κ1) is 13.0. The lowest BCUT2D eigenvalue weighted by molar-refractivity contribution is -0.140. The molecule has 0 heterocycles. The van der Waals surface area contributed by atoms with Crippen molar-refractivity contribution in [3.05, 3.63) is 29.8 Å². The highest BCUT2D eigenvalue weighted by Crippen LogP contribution is 2.17. The molecular formula is C14H22O2. The van der Waals surface area contributed by atoms with Crippen LogP contribution in [0.2, 0.25) is 0 Å². The molecule has 0 amide bonds. The SMILES string of the molecule is CCc1ccc(OC(C)OC(C)(C)C)cc1. The fourth-order valence-corrected chi connectivity index (χ4v) is 1.52. The summed E-state index contributed by atoms with van der Waals surface area (Å²) in [6.45, 7) is 10.1. The van der Waals surface area contributed by atoms with Crippen molar-refractivity contribution >= 4 is 0 Å². The van der Waals surface area contributed by atoms with Gasteiger partial charge < -0.3 is 9.47 Å². The second-order valence-corrected chi connectivity index (χ2v) is 4.91. The van der Waals surface area contributed by atoms with Gasteiger partial charge in [-0.1, -0.05) is 19.1 Å². The van der Waals surface area contributed by atoms with Crippen LogP contribution < -0.4 is 4.74 Å². The topological polar surface area (TPSA) is 18.5 Å². The Kier molecular flexibility index (Phi) is 4.36. The van der Waals surface area contributed by atoms with Crippen LogP contribution >= 0.6 is 0 Å². The molecule has 0 radical (unpaired) electrons. The van der Waals surface area contributed by atoms with Gasteiger partial charge in [-0.15, -0.1) is 0 Å². The van der Waals surface area contributed by atoms with E-state index in [-0.39, 0.29) is 11.9 Å². The second kappa shape index (κ2) is 5.35. The Bertz CT molecular complexity index is 309. The molecule has 2 nitrogen and oxygen atoms in total. The van der Waals surface area contributed by atoms with Crippen LogP contribution in [0.25, 0.3) is 0 Å². The van der Waals surface area contributed by atoms with E-state index in [9.17, 15) is 0 Å². The summed E-state index contributed by atoms with van der Waals surface area (Å²) in [5.41, 5.74) is 1.14. The maximum Gasteiger partial charge on any atom is 0.197 e. The fourth-order valence-electron chi connectivity index (χ4n) is 1.52. The maximum absolute atomic E-state index is 5.68. The number of hydrogen-bond donors (Lipinski definition) is 0. The van der Waals surface area contributed by atoms with Crippen LogP contribution in [0.5, 0.6) is 5.75 Å². The van der Waals surface area contributed by atoms with Gasteiger partial charge >= 0.3 is 0 Å². The van der Waals surface area contributed by atoms with Crippen LogP contribution in [0.3, 0.4) is 0 Å². The summed E-state index contributed by atoms with van der Waals surface area (Å²) in [5, 5.41) is 0. The van der Waals surface area contributed by atoms with E-state index in [2.05, 4.69) is 19.1 Å². The number of benzene rings is 1. The van der Waals surface area contributed by atoms with Crippen molar-refractivity contribution in [1.29, 1.82) is 0 Å². The Morgan fingerprint density at radius 3 is 2.12 bits per heavy atom. The minimum atomic E-state index is -0.229. The highest BCUT2D eigenvalue weighted by atomic mass is 16.7. The van der Waals surface area contributed by atoms with Crippen molar-refractivity contribution < 1.29 is 9.47 Å². The number of ether oxygens (including phenoxy) is 2. The molecule has 0 spiro atoms. The van der Waals surface area contributed by atoms with Crippen LogP contribution in [0, 0.1) is 0 Å². The fraction of sp³-hybridized carbons (Fsp3) is 0.571. The zero-order chi connectivity index (χ0) is 12.2. The molecule has 0 aliphatic carbocycles. The predicted molar refractivity (Wildman–Crippen MR) is 66.7 cm³/mol. The van der Waals surface area contributed by atoms with Crippen molar-refractivity contribution in [2.24, 2.45) is 0 Å². The van der Waals surface area contributed by atoms with Crippen LogP contribution in [0.15, 0.2) is 24.3 Å². The molecule has 1 unspecified atom stereocenters. The second-order valence-electron chi connectivity index (χ2n) is 4.91. The van der Waals surface area contributed by atoms with E-state index in [1.807, 2.05) is 39.8 Å². The summed E-state index contributed by atoms with van der Waals surface area (Å²) in [6.07, 6.45) is 0.821. The lowest BCUT2D eigenvalue weighted by Crippen LogP contribution is -2.29. The smallest absolute Gasteiger partial charge is 0.197 e. The van der Waals surface area contributed by atoms with Crippen LogP contribution in [-0.2, 0) is 11.2 Å². The molecule has 0 saturated heterocycles. The molecule has 2 heteroatoms. The Balaban J connectivity index is 2.53. The average molecular weight is 222 g/mol. The molecule has 0 N–H and O–H groups in total. The Morgan fingerprint density at radius 2 is 1.69 bits per heavy atom. The van der Waals surface area contributed by atoms with Crippen LogP contribution in [0.1, 0.15) is 40.2 Å². The molecule has 0 saturated carbocycles. The zero-order valence-electron chi connectivity index (χ0n) is 10.9. The minimum Gasteiger partial charge on any atom is -0.465 e. The molecule has 1 aromatic carbocycles. The molecule has 1 aromatic rings. The predicted octanol–water partition coefficient (Wildman–Crippen LogP) is 3.79. The van der Waals surface area contributed by atoms with Gasteiger partial charge in [-0.2, -0.15) is 0 Å². The van der Waals surface area contributed by atoms with E-state index in [1.54, 1.807) is 0 Å². The highest BCUT2D eigenvalue weighted by Gasteiger charge is 2.15. The van der Waals surface area contributed by atoms with Gasteiger partial charge in [0.2, 0.25) is 0 Å². The van der Waals surface area contributed by atoms with Crippen molar-refractivity contribution in [3.8, 4) is 5.75 Å². The monoisotopic (exact) mass is 222 g/mol. The van der Waals surface area contributed by atoms with E-state index in [1.165, 1.54) is 5.56 Å². The van der Waals surface area contributed by atoms with Gasteiger partial charge in [0, 0.05) is 0 Å². The Labute approximate surface area is 98.6 Å². The van der Waals surface area contributed by atoms with Crippen LogP contribution in [0.4, 0.5) is 0 Å². The summed E-state index contributed by atoms with van der Waals surface area (Å²) < 4.78 is 11.3. The Hall–Kier alpha value is -1.02. The molecular weight excluding hydrogens is 200 g/mol. The van der Waals surface area contributed by atoms with Crippen LogP contribution in [-0.4, -0.2) is 11.9 Å². The molecule has 0 bridgehead atoms. The molecule has 1 atom stereocenters. The van der Waals surface area contributed by atoms with Gasteiger partial charge in [0.05, 0.1) is 5.60 Å². The van der Waals surface area contributed by atoms with Gasteiger partial charge in [-0.25, -0.2) is 0 Å². The zero-order valence-corrected chi connectivity index (χ0v) is 10.9. The molecule has 16 heavy (non-hydrogen) atoms. The molecule has 0 aliphatic rings. The summed E-state index contributed by atoms with van der Waals surface area (Å²) in [4.78, 5) is 0. The van der Waals surface area contributed by atoms with Crippen molar-refractivity contribution in [1.82, 2.24) is 0 Å². The number of rotatable bonds is 4. The maximum atomic E-state index is 5.68. The number of aryl methyl sites for hydroxylation is 1. The first-order chi connectivity index (χ1) is 7.40. The van der Waals surface area contributed by atoms with E-state index in [0.717, 1.165) is 12.2 Å². The molecule has 1 rings (SSSR count). The van der Waals surface area contributed by atoms with Crippen molar-refractivity contribution in [3.63, 3.8) is 0 Å². The van der Waals surface area contributed by atoms with Crippen molar-refractivity contribution in [2.45, 2.75) is 52.9 Å². The van der Waals surface area contributed by atoms with Crippen molar-refractivity contribution in [2.75, 3.05) is 0 Å². The summed E-state index contributed by atoms with van der Waals surface area (Å²) in [5.74, 6) is 0.856. The summed E-state index contributed by atoms with van der Waals surface area (Å²) in [7, 11) is 0. The largest absolute Gasteiger partial charge is 0.465 e. The van der Waals surface area contributed by atoms with Gasteiger partial charge in [-0.3, -0.25) is 0 Å². The summed E-state index contributed by atoms with van der Waals surface area (Å²) in [6, 6.07) is 8.14. The first-order valence-electron chi connectivity index (χ1n) is 5.84. The van der Waals surface area contributed by atoms with Gasteiger partial charge in [0.15, 0.2) is 6.29 Å². The lowest BCUT2D eigenvalue weighted by atomic mass is 10.2. The average Bonchev–Trinajstić information content (AvgIpc) is 2.16. The lowest BCUT2D eigenvalue weighted by Gasteiger charge is -2.25. The third-order valence-electron chi connectivity index (χ3n) is 2.15. The summed E-state index contributed by atoms with van der Waals surface area (Å²) >= 11 is 0. The third kappa shape index (κ3) is 4.67. The van der Waals surface area contributed by atoms with Gasteiger partial charge in [0.1, 0.15) is 5.75 Å².